The molecule has 2 nitrogen and oxygen atoms in total. The van der Waals surface area contributed by atoms with Gasteiger partial charge in [-0.2, -0.15) is 0 Å². The van der Waals surface area contributed by atoms with Crippen molar-refractivity contribution in [1.82, 2.24) is 5.43 Å². The fraction of sp³-hybridized carbons (Fsp3) is 0.400. The highest BCUT2D eigenvalue weighted by Crippen LogP contribution is 2.25. The smallest absolute Gasteiger partial charge is 0.0552 e. The van der Waals surface area contributed by atoms with Gasteiger partial charge in [-0.25, -0.2) is 5.43 Å². The van der Waals surface area contributed by atoms with E-state index in [0.29, 0.717) is 0 Å². The number of hydrazine groups is 1. The van der Waals surface area contributed by atoms with Crippen molar-refractivity contribution in [3.8, 4) is 0 Å². The van der Waals surface area contributed by atoms with E-state index in [2.05, 4.69) is 41.6 Å². The van der Waals surface area contributed by atoms with Gasteiger partial charge >= 0.3 is 0 Å². The van der Waals surface area contributed by atoms with E-state index in [-0.39, 0.29) is 0 Å². The van der Waals surface area contributed by atoms with Crippen LogP contribution in [-0.4, -0.2) is 13.1 Å². The largest absolute Gasteiger partial charge is 0.308 e. The molecule has 0 radical (unpaired) electrons. The van der Waals surface area contributed by atoms with E-state index in [1.165, 1.54) is 17.7 Å². The van der Waals surface area contributed by atoms with Crippen LogP contribution in [0.3, 0.4) is 0 Å². The maximum absolute atomic E-state index is 3.33. The molecule has 0 aromatic heterocycles. The molecule has 0 aliphatic carbocycles. The van der Waals surface area contributed by atoms with Gasteiger partial charge in [0.15, 0.2) is 0 Å². The number of hydrogen-bond donors (Lipinski definition) is 1. The van der Waals surface area contributed by atoms with Crippen LogP contribution < -0.4 is 10.4 Å². The lowest BCUT2D eigenvalue weighted by Gasteiger charge is -2.18. The number of anilines is 1. The first kappa shape index (κ1) is 7.62. The van der Waals surface area contributed by atoms with E-state index in [9.17, 15) is 0 Å². The van der Waals surface area contributed by atoms with Crippen molar-refractivity contribution < 1.29 is 0 Å². The van der Waals surface area contributed by atoms with Gasteiger partial charge in [0.2, 0.25) is 0 Å². The Labute approximate surface area is 73.2 Å². The number of rotatable bonds is 2. The number of fused-ring (bicyclic) bond motifs is 1. The molecule has 0 amide bonds. The van der Waals surface area contributed by atoms with Gasteiger partial charge in [0.1, 0.15) is 0 Å². The van der Waals surface area contributed by atoms with E-state index in [1.54, 1.807) is 0 Å². The summed E-state index contributed by atoms with van der Waals surface area (Å²) in [6.07, 6.45) is 1.17. The summed E-state index contributed by atoms with van der Waals surface area (Å²) in [5, 5.41) is 2.23. The van der Waals surface area contributed by atoms with Gasteiger partial charge in [-0.3, -0.25) is 0 Å². The monoisotopic (exact) mass is 162 g/mol. The van der Waals surface area contributed by atoms with Crippen molar-refractivity contribution in [2.75, 3.05) is 18.1 Å². The average molecular weight is 162 g/mol. The highest BCUT2D eigenvalue weighted by Gasteiger charge is 2.16. The molecule has 0 saturated carbocycles. The molecule has 1 heterocycles. The zero-order valence-electron chi connectivity index (χ0n) is 7.38. The Morgan fingerprint density at radius 3 is 3.08 bits per heavy atom. The van der Waals surface area contributed by atoms with Crippen molar-refractivity contribution in [3.63, 3.8) is 0 Å². The minimum absolute atomic E-state index is 0.994. The molecule has 2 heteroatoms. The summed E-state index contributed by atoms with van der Waals surface area (Å²) in [6, 6.07) is 8.57. The van der Waals surface area contributed by atoms with Crippen LogP contribution >= 0.6 is 0 Å². The van der Waals surface area contributed by atoms with Gasteiger partial charge in [-0.15, -0.1) is 0 Å². The van der Waals surface area contributed by atoms with Gasteiger partial charge in [0.25, 0.3) is 0 Å². The molecule has 1 aliphatic heterocycles. The van der Waals surface area contributed by atoms with E-state index < -0.39 is 0 Å². The van der Waals surface area contributed by atoms with E-state index in [4.69, 9.17) is 0 Å². The maximum atomic E-state index is 3.33. The Hall–Kier alpha value is -1.02. The number of hydrogen-bond acceptors (Lipinski definition) is 2. The van der Waals surface area contributed by atoms with Crippen LogP contribution in [0, 0.1) is 0 Å². The molecule has 1 aliphatic rings. The fourth-order valence-electron chi connectivity index (χ4n) is 1.69. The summed E-state index contributed by atoms with van der Waals surface area (Å²) in [5.74, 6) is 0. The molecule has 0 fully saturated rings. The second kappa shape index (κ2) is 3.15. The SMILES string of the molecule is CCNN1CCc2ccccc21. The van der Waals surface area contributed by atoms with Crippen LogP contribution in [0.2, 0.25) is 0 Å². The van der Waals surface area contributed by atoms with Crippen LogP contribution in [0.4, 0.5) is 5.69 Å². The quantitative estimate of drug-likeness (QED) is 0.710. The molecule has 1 N–H and O–H groups in total. The van der Waals surface area contributed by atoms with Gasteiger partial charge in [0.05, 0.1) is 5.69 Å². The minimum Gasteiger partial charge on any atom is -0.308 e. The standard InChI is InChI=1S/C10H14N2/c1-2-11-12-8-7-9-5-3-4-6-10(9)12/h3-6,11H,2,7-8H2,1H3. The van der Waals surface area contributed by atoms with Crippen molar-refractivity contribution >= 4 is 5.69 Å². The molecule has 0 saturated heterocycles. The van der Waals surface area contributed by atoms with E-state index in [1.807, 2.05) is 0 Å². The molecule has 0 spiro atoms. The van der Waals surface area contributed by atoms with Crippen LogP contribution in [0.15, 0.2) is 24.3 Å². The fourth-order valence-corrected chi connectivity index (χ4v) is 1.69. The zero-order chi connectivity index (χ0) is 8.39. The van der Waals surface area contributed by atoms with E-state index in [0.717, 1.165) is 13.1 Å². The molecule has 0 atom stereocenters. The van der Waals surface area contributed by atoms with Crippen LogP contribution in [0.5, 0.6) is 0 Å². The number of para-hydroxylation sites is 1. The van der Waals surface area contributed by atoms with Crippen molar-refractivity contribution in [3.05, 3.63) is 29.8 Å². The zero-order valence-corrected chi connectivity index (χ0v) is 7.38. The molecule has 0 bridgehead atoms. The first-order valence-electron chi connectivity index (χ1n) is 4.51. The molecular weight excluding hydrogens is 148 g/mol. The average Bonchev–Trinajstić information content (AvgIpc) is 2.50. The lowest BCUT2D eigenvalue weighted by molar-refractivity contribution is 0.670. The summed E-state index contributed by atoms with van der Waals surface area (Å²) in [7, 11) is 0. The maximum Gasteiger partial charge on any atom is 0.0552 e. The van der Waals surface area contributed by atoms with Crippen LogP contribution in [-0.2, 0) is 6.42 Å². The normalized spacial score (nSPS) is 14.9. The third-order valence-corrected chi connectivity index (χ3v) is 2.24. The van der Waals surface area contributed by atoms with Gasteiger partial charge in [-0.05, 0) is 18.1 Å². The molecular formula is C10H14N2. The number of nitrogens with zero attached hydrogens (tertiary/aromatic N) is 1. The lowest BCUT2D eigenvalue weighted by Crippen LogP contribution is -2.36. The predicted molar refractivity (Wildman–Crippen MR) is 51.2 cm³/mol. The Balaban J connectivity index is 2.24. The summed E-state index contributed by atoms with van der Waals surface area (Å²) < 4.78 is 0. The topological polar surface area (TPSA) is 15.3 Å². The Morgan fingerprint density at radius 2 is 2.25 bits per heavy atom. The summed E-state index contributed by atoms with van der Waals surface area (Å²) >= 11 is 0. The second-order valence-corrected chi connectivity index (χ2v) is 3.04. The highest BCUT2D eigenvalue weighted by molar-refractivity contribution is 5.56. The Bertz CT molecular complexity index is 268. The molecule has 12 heavy (non-hydrogen) atoms. The molecule has 1 aromatic rings. The summed E-state index contributed by atoms with van der Waals surface area (Å²) in [4.78, 5) is 0. The second-order valence-electron chi connectivity index (χ2n) is 3.04. The van der Waals surface area contributed by atoms with Crippen molar-refractivity contribution in [1.29, 1.82) is 0 Å². The molecule has 0 unspecified atom stereocenters. The van der Waals surface area contributed by atoms with Crippen LogP contribution in [0.25, 0.3) is 0 Å². The predicted octanol–water partition coefficient (Wildman–Crippen LogP) is 1.57. The Morgan fingerprint density at radius 1 is 1.42 bits per heavy atom. The minimum atomic E-state index is 0.994. The van der Waals surface area contributed by atoms with Crippen LogP contribution in [0.1, 0.15) is 12.5 Å². The highest BCUT2D eigenvalue weighted by atomic mass is 15.5. The summed E-state index contributed by atoms with van der Waals surface area (Å²) in [6.45, 7) is 4.22. The van der Waals surface area contributed by atoms with Gasteiger partial charge < -0.3 is 5.01 Å². The van der Waals surface area contributed by atoms with Crippen molar-refractivity contribution in [2.45, 2.75) is 13.3 Å². The van der Waals surface area contributed by atoms with Gasteiger partial charge in [-0.1, -0.05) is 25.1 Å². The Kier molecular flexibility index (Phi) is 2.00. The summed E-state index contributed by atoms with van der Waals surface area (Å²) in [5.41, 5.74) is 6.14. The number of nitrogens with one attached hydrogen (secondary N) is 1. The number of benzene rings is 1. The third-order valence-electron chi connectivity index (χ3n) is 2.24. The molecule has 1 aromatic carbocycles. The third kappa shape index (κ3) is 1.18. The lowest BCUT2D eigenvalue weighted by atomic mass is 10.2. The molecule has 2 rings (SSSR count). The van der Waals surface area contributed by atoms with E-state index >= 15 is 0 Å². The molecule has 64 valence electrons. The van der Waals surface area contributed by atoms with Crippen molar-refractivity contribution in [2.24, 2.45) is 0 Å². The first-order chi connectivity index (χ1) is 5.92. The first-order valence-corrected chi connectivity index (χ1v) is 4.51. The van der Waals surface area contributed by atoms with Gasteiger partial charge in [0, 0.05) is 13.1 Å².